The molecule has 0 atom stereocenters. The van der Waals surface area contributed by atoms with Crippen LogP contribution in [0.3, 0.4) is 0 Å². The van der Waals surface area contributed by atoms with Gasteiger partial charge in [0.05, 0.1) is 16.9 Å². The molecule has 0 fully saturated rings. The summed E-state index contributed by atoms with van der Waals surface area (Å²) in [5.41, 5.74) is 1.21. The molecule has 0 bridgehead atoms. The summed E-state index contributed by atoms with van der Waals surface area (Å²) in [4.78, 5) is 5.87. The Balaban J connectivity index is 0.00000220. The molecule has 0 saturated heterocycles. The van der Waals surface area contributed by atoms with E-state index in [-0.39, 0.29) is 24.0 Å². The molecular weight excluding hydrogens is 461 g/mol. The molecule has 0 aliphatic carbocycles. The molecule has 1 aromatic carbocycles. The first-order chi connectivity index (χ1) is 9.78. The highest BCUT2D eigenvalue weighted by Crippen LogP contribution is 2.21. The van der Waals surface area contributed by atoms with Gasteiger partial charge < -0.3 is 10.6 Å². The van der Waals surface area contributed by atoms with Crippen LogP contribution in [0.4, 0.5) is 0 Å². The fourth-order valence-electron chi connectivity index (χ4n) is 1.71. The van der Waals surface area contributed by atoms with Gasteiger partial charge in [-0.05, 0) is 40.5 Å². The second kappa shape index (κ2) is 10.2. The molecule has 0 aliphatic rings. The summed E-state index contributed by atoms with van der Waals surface area (Å²) in [5.74, 6) is 0.848. The molecule has 114 valence electrons. The van der Waals surface area contributed by atoms with Crippen LogP contribution in [0.15, 0.2) is 51.2 Å². The lowest BCUT2D eigenvalue weighted by molar-refractivity contribution is 0.823. The van der Waals surface area contributed by atoms with Crippen molar-refractivity contribution in [3.63, 3.8) is 0 Å². The quantitative estimate of drug-likeness (QED) is 0.379. The molecule has 0 radical (unpaired) electrons. The summed E-state index contributed by atoms with van der Waals surface area (Å²) in [6.07, 6.45) is 0. The zero-order valence-electron chi connectivity index (χ0n) is 11.8. The number of halogens is 2. The zero-order chi connectivity index (χ0) is 14.2. The fourth-order valence-corrected chi connectivity index (χ4v) is 3.14. The number of nitrogens with one attached hydrogen (secondary N) is 2. The smallest absolute Gasteiger partial charge is 0.191 e. The van der Waals surface area contributed by atoms with Crippen LogP contribution in [0.1, 0.15) is 17.4 Å². The molecule has 2 rings (SSSR count). The number of guanidine groups is 1. The molecule has 3 nitrogen and oxygen atoms in total. The minimum atomic E-state index is 0. The molecule has 6 heteroatoms. The van der Waals surface area contributed by atoms with Crippen molar-refractivity contribution < 1.29 is 0 Å². The summed E-state index contributed by atoms with van der Waals surface area (Å²) in [5, 5.41) is 6.61. The minimum absolute atomic E-state index is 0. The molecule has 0 unspecified atom stereocenters. The highest BCUT2D eigenvalue weighted by atomic mass is 127. The van der Waals surface area contributed by atoms with Gasteiger partial charge >= 0.3 is 0 Å². The van der Waals surface area contributed by atoms with Gasteiger partial charge in [-0.3, -0.25) is 0 Å². The molecule has 0 aliphatic heterocycles. The Kier molecular flexibility index (Phi) is 8.94. The Hall–Kier alpha value is -0.600. The first kappa shape index (κ1) is 18.4. The number of rotatable bonds is 5. The van der Waals surface area contributed by atoms with E-state index in [9.17, 15) is 0 Å². The highest BCUT2D eigenvalue weighted by Gasteiger charge is 2.00. The zero-order valence-corrected chi connectivity index (χ0v) is 16.5. The second-order valence-electron chi connectivity index (χ2n) is 4.24. The summed E-state index contributed by atoms with van der Waals surface area (Å²) >= 11 is 5.21. The van der Waals surface area contributed by atoms with Gasteiger partial charge in [0.1, 0.15) is 0 Å². The Bertz CT molecular complexity index is 557. The average Bonchev–Trinajstić information content (AvgIpc) is 2.89. The van der Waals surface area contributed by atoms with Crippen molar-refractivity contribution in [3.8, 4) is 0 Å². The monoisotopic (exact) mass is 479 g/mol. The molecule has 0 amide bonds. The van der Waals surface area contributed by atoms with Crippen LogP contribution in [-0.4, -0.2) is 12.5 Å². The van der Waals surface area contributed by atoms with E-state index in [4.69, 9.17) is 0 Å². The maximum absolute atomic E-state index is 4.59. The Morgan fingerprint density at radius 2 is 1.90 bits per heavy atom. The van der Waals surface area contributed by atoms with Crippen molar-refractivity contribution in [2.45, 2.75) is 20.0 Å². The maximum atomic E-state index is 4.59. The van der Waals surface area contributed by atoms with Gasteiger partial charge in [-0.25, -0.2) is 4.99 Å². The molecule has 0 spiro atoms. The first-order valence-corrected chi connectivity index (χ1v) is 8.19. The second-order valence-corrected chi connectivity index (χ2v) is 6.79. The van der Waals surface area contributed by atoms with Gasteiger partial charge in [0.2, 0.25) is 0 Å². The van der Waals surface area contributed by atoms with Crippen molar-refractivity contribution in [2.75, 3.05) is 6.54 Å². The first-order valence-electron chi connectivity index (χ1n) is 6.58. The van der Waals surface area contributed by atoms with Crippen molar-refractivity contribution in [1.82, 2.24) is 10.6 Å². The SMILES string of the molecule is CCNC(=NCc1ccccc1)NCc1ccc(Br)s1.I. The number of thiophene rings is 1. The van der Waals surface area contributed by atoms with E-state index in [1.807, 2.05) is 18.2 Å². The standard InChI is InChI=1S/C15H18BrN3S.HI/c1-2-17-15(18-10-12-6-4-3-5-7-12)19-11-13-8-9-14(16)20-13;/h3-9H,2,10-11H2,1H3,(H2,17,18,19);1H. The van der Waals surface area contributed by atoms with Crippen LogP contribution in [-0.2, 0) is 13.1 Å². The lowest BCUT2D eigenvalue weighted by Gasteiger charge is -2.10. The van der Waals surface area contributed by atoms with Crippen LogP contribution in [0.25, 0.3) is 0 Å². The van der Waals surface area contributed by atoms with Crippen LogP contribution < -0.4 is 10.6 Å². The predicted molar refractivity (Wildman–Crippen MR) is 106 cm³/mol. The van der Waals surface area contributed by atoms with Gasteiger partial charge in [0.25, 0.3) is 0 Å². The van der Waals surface area contributed by atoms with Crippen molar-refractivity contribution in [3.05, 3.63) is 56.7 Å². The highest BCUT2D eigenvalue weighted by molar-refractivity contribution is 14.0. The molecule has 0 saturated carbocycles. The van der Waals surface area contributed by atoms with Crippen LogP contribution in [0.5, 0.6) is 0 Å². The van der Waals surface area contributed by atoms with Crippen molar-refractivity contribution in [2.24, 2.45) is 4.99 Å². The van der Waals surface area contributed by atoms with Crippen LogP contribution >= 0.6 is 51.2 Å². The summed E-state index contributed by atoms with van der Waals surface area (Å²) < 4.78 is 1.15. The van der Waals surface area contributed by atoms with E-state index >= 15 is 0 Å². The average molecular weight is 480 g/mol. The van der Waals surface area contributed by atoms with E-state index in [2.05, 4.69) is 62.7 Å². The topological polar surface area (TPSA) is 36.4 Å². The summed E-state index contributed by atoms with van der Waals surface area (Å²) in [7, 11) is 0. The van der Waals surface area contributed by atoms with E-state index in [1.165, 1.54) is 10.4 Å². The summed E-state index contributed by atoms with van der Waals surface area (Å²) in [6.45, 7) is 4.40. The Morgan fingerprint density at radius 1 is 1.14 bits per heavy atom. The van der Waals surface area contributed by atoms with Gasteiger partial charge in [-0.15, -0.1) is 35.3 Å². The van der Waals surface area contributed by atoms with Gasteiger partial charge in [-0.1, -0.05) is 30.3 Å². The Morgan fingerprint density at radius 3 is 2.52 bits per heavy atom. The number of hydrogen-bond acceptors (Lipinski definition) is 2. The van der Waals surface area contributed by atoms with E-state index in [0.29, 0.717) is 6.54 Å². The predicted octanol–water partition coefficient (Wildman–Crippen LogP) is 4.38. The lowest BCUT2D eigenvalue weighted by Crippen LogP contribution is -2.36. The van der Waals surface area contributed by atoms with Gasteiger partial charge in [0.15, 0.2) is 5.96 Å². The summed E-state index contributed by atoms with van der Waals surface area (Å²) in [6, 6.07) is 14.4. The number of benzene rings is 1. The van der Waals surface area contributed by atoms with E-state index in [0.717, 1.165) is 22.8 Å². The largest absolute Gasteiger partial charge is 0.357 e. The lowest BCUT2D eigenvalue weighted by atomic mass is 10.2. The third kappa shape index (κ3) is 6.80. The molecule has 21 heavy (non-hydrogen) atoms. The van der Waals surface area contributed by atoms with Crippen molar-refractivity contribution >= 4 is 57.2 Å². The third-order valence-electron chi connectivity index (χ3n) is 2.67. The molecular formula is C15H19BrIN3S. The molecule has 2 N–H and O–H groups in total. The van der Waals surface area contributed by atoms with Crippen molar-refractivity contribution in [1.29, 1.82) is 0 Å². The fraction of sp³-hybridized carbons (Fsp3) is 0.267. The van der Waals surface area contributed by atoms with Gasteiger partial charge in [-0.2, -0.15) is 0 Å². The number of nitrogens with zero attached hydrogens (tertiary/aromatic N) is 1. The Labute approximate surface area is 155 Å². The molecule has 1 aromatic heterocycles. The van der Waals surface area contributed by atoms with Gasteiger partial charge in [0, 0.05) is 11.4 Å². The third-order valence-corrected chi connectivity index (χ3v) is 4.29. The minimum Gasteiger partial charge on any atom is -0.357 e. The maximum Gasteiger partial charge on any atom is 0.191 e. The molecule has 1 heterocycles. The van der Waals surface area contributed by atoms with E-state index < -0.39 is 0 Å². The van der Waals surface area contributed by atoms with Crippen LogP contribution in [0.2, 0.25) is 0 Å². The number of aliphatic imine (C=N–C) groups is 1. The molecule has 2 aromatic rings. The van der Waals surface area contributed by atoms with E-state index in [1.54, 1.807) is 11.3 Å². The number of hydrogen-bond donors (Lipinski definition) is 2. The normalized spacial score (nSPS) is 10.9. The van der Waals surface area contributed by atoms with Crippen LogP contribution in [0, 0.1) is 0 Å².